The van der Waals surface area contributed by atoms with Gasteiger partial charge in [-0.15, -0.1) is 0 Å². The first-order chi connectivity index (χ1) is 16.1. The molecule has 11 heteroatoms. The molecule has 0 saturated heterocycles. The summed E-state index contributed by atoms with van der Waals surface area (Å²) in [6.07, 6.45) is 1.73. The number of H-pyrrole nitrogens is 1. The standard InChI is InChI=1S/C23H20F2N4O4S/c1-13(2)14-3-5-17(6-4-14)34(31,32)29-19-8-7-18(24)21(20(19)25)28-23(30)33-16-11-15-9-10-26-22(15)27-12-16/h3-13,29H,1-2H3,(H,26,27)(H,28,30). The first-order valence-corrected chi connectivity index (χ1v) is 11.6. The zero-order valence-corrected chi connectivity index (χ0v) is 18.9. The lowest BCUT2D eigenvalue weighted by atomic mass is 10.0. The van der Waals surface area contributed by atoms with E-state index in [1.165, 1.54) is 24.4 Å². The summed E-state index contributed by atoms with van der Waals surface area (Å²) in [4.78, 5) is 19.1. The van der Waals surface area contributed by atoms with E-state index in [4.69, 9.17) is 4.74 Å². The van der Waals surface area contributed by atoms with Crippen molar-refractivity contribution in [1.82, 2.24) is 9.97 Å². The van der Waals surface area contributed by atoms with Gasteiger partial charge in [0.05, 0.1) is 16.8 Å². The maximum Gasteiger partial charge on any atom is 0.417 e. The summed E-state index contributed by atoms with van der Waals surface area (Å²) in [6, 6.07) is 11.1. The minimum Gasteiger partial charge on any atom is -0.408 e. The molecule has 2 aromatic heterocycles. The van der Waals surface area contributed by atoms with E-state index in [2.05, 4.69) is 14.7 Å². The van der Waals surface area contributed by atoms with Crippen molar-refractivity contribution < 1.29 is 26.7 Å². The molecule has 0 aliphatic rings. The molecular weight excluding hydrogens is 466 g/mol. The fourth-order valence-corrected chi connectivity index (χ4v) is 4.25. The largest absolute Gasteiger partial charge is 0.417 e. The van der Waals surface area contributed by atoms with Crippen molar-refractivity contribution in [2.45, 2.75) is 24.7 Å². The van der Waals surface area contributed by atoms with E-state index >= 15 is 0 Å². The zero-order chi connectivity index (χ0) is 24.5. The van der Waals surface area contributed by atoms with E-state index in [0.717, 1.165) is 17.7 Å². The summed E-state index contributed by atoms with van der Waals surface area (Å²) in [7, 11) is -4.17. The highest BCUT2D eigenvalue weighted by Crippen LogP contribution is 2.28. The van der Waals surface area contributed by atoms with Crippen LogP contribution in [0.25, 0.3) is 11.0 Å². The number of anilines is 2. The van der Waals surface area contributed by atoms with Crippen LogP contribution in [0.2, 0.25) is 0 Å². The fourth-order valence-electron chi connectivity index (χ4n) is 3.19. The van der Waals surface area contributed by atoms with Crippen molar-refractivity contribution in [2.24, 2.45) is 0 Å². The van der Waals surface area contributed by atoms with Crippen LogP contribution in [0.5, 0.6) is 5.75 Å². The first-order valence-electron chi connectivity index (χ1n) is 10.2. The van der Waals surface area contributed by atoms with Gasteiger partial charge in [0.1, 0.15) is 17.2 Å². The SMILES string of the molecule is CC(C)c1ccc(S(=O)(=O)Nc2ccc(F)c(NC(=O)Oc3cnc4[nH]ccc4c3)c2F)cc1. The number of carbonyl (C=O) groups is 1. The van der Waals surface area contributed by atoms with Crippen LogP contribution in [0.1, 0.15) is 25.3 Å². The molecule has 0 atom stereocenters. The van der Waals surface area contributed by atoms with Gasteiger partial charge in [0.25, 0.3) is 10.0 Å². The smallest absolute Gasteiger partial charge is 0.408 e. The van der Waals surface area contributed by atoms with Crippen LogP contribution in [-0.4, -0.2) is 24.5 Å². The Morgan fingerprint density at radius 3 is 2.53 bits per heavy atom. The van der Waals surface area contributed by atoms with Crippen molar-refractivity contribution in [3.63, 3.8) is 0 Å². The monoisotopic (exact) mass is 486 g/mol. The molecule has 34 heavy (non-hydrogen) atoms. The maximum absolute atomic E-state index is 15.0. The molecule has 176 valence electrons. The van der Waals surface area contributed by atoms with E-state index in [1.807, 2.05) is 19.2 Å². The number of aromatic amines is 1. The molecule has 4 aromatic rings. The minimum absolute atomic E-state index is 0.0483. The molecule has 2 aromatic carbocycles. The van der Waals surface area contributed by atoms with Crippen LogP contribution in [0.15, 0.2) is 65.8 Å². The molecule has 0 bridgehead atoms. The summed E-state index contributed by atoms with van der Waals surface area (Å²) in [5, 5.41) is 2.64. The highest BCUT2D eigenvalue weighted by molar-refractivity contribution is 7.92. The Hall–Kier alpha value is -3.99. The van der Waals surface area contributed by atoms with E-state index in [9.17, 15) is 22.0 Å². The molecular formula is C23H20F2N4O4S. The summed E-state index contributed by atoms with van der Waals surface area (Å²) in [6.45, 7) is 3.93. The normalized spacial score (nSPS) is 11.6. The Bertz CT molecular complexity index is 1470. The molecule has 0 aliphatic heterocycles. The van der Waals surface area contributed by atoms with Gasteiger partial charge < -0.3 is 9.72 Å². The van der Waals surface area contributed by atoms with Crippen LogP contribution >= 0.6 is 0 Å². The number of benzene rings is 2. The van der Waals surface area contributed by atoms with E-state index < -0.39 is 39.1 Å². The van der Waals surface area contributed by atoms with Crippen LogP contribution in [0, 0.1) is 11.6 Å². The molecule has 0 unspecified atom stereocenters. The van der Waals surface area contributed by atoms with Crippen molar-refractivity contribution in [3.8, 4) is 5.75 Å². The van der Waals surface area contributed by atoms with E-state index in [-0.39, 0.29) is 16.6 Å². The lowest BCUT2D eigenvalue weighted by Crippen LogP contribution is -2.20. The summed E-state index contributed by atoms with van der Waals surface area (Å²) < 4.78 is 61.7. The Balaban J connectivity index is 1.53. The Kier molecular flexibility index (Phi) is 6.20. The van der Waals surface area contributed by atoms with Gasteiger partial charge in [-0.1, -0.05) is 26.0 Å². The van der Waals surface area contributed by atoms with Gasteiger partial charge in [-0.3, -0.25) is 10.0 Å². The summed E-state index contributed by atoms with van der Waals surface area (Å²) in [5.41, 5.74) is 0.0996. The van der Waals surface area contributed by atoms with Crippen LogP contribution < -0.4 is 14.8 Å². The van der Waals surface area contributed by atoms with Gasteiger partial charge in [-0.05, 0) is 47.9 Å². The number of carbonyl (C=O) groups excluding carboxylic acids is 1. The highest BCUT2D eigenvalue weighted by atomic mass is 32.2. The van der Waals surface area contributed by atoms with E-state index in [0.29, 0.717) is 11.0 Å². The first kappa shape index (κ1) is 23.2. The Labute approximate surface area is 194 Å². The number of hydrogen-bond acceptors (Lipinski definition) is 5. The van der Waals surface area contributed by atoms with Crippen LogP contribution in [0.4, 0.5) is 25.0 Å². The highest BCUT2D eigenvalue weighted by Gasteiger charge is 2.22. The minimum atomic E-state index is -4.17. The zero-order valence-electron chi connectivity index (χ0n) is 18.1. The van der Waals surface area contributed by atoms with Gasteiger partial charge in [-0.25, -0.2) is 27.0 Å². The Morgan fingerprint density at radius 2 is 1.82 bits per heavy atom. The Morgan fingerprint density at radius 1 is 1.09 bits per heavy atom. The number of halogens is 2. The quantitative estimate of drug-likeness (QED) is 0.339. The van der Waals surface area contributed by atoms with Crippen molar-refractivity contribution in [2.75, 3.05) is 10.0 Å². The summed E-state index contributed by atoms with van der Waals surface area (Å²) >= 11 is 0. The van der Waals surface area contributed by atoms with Crippen molar-refractivity contribution in [1.29, 1.82) is 0 Å². The number of sulfonamides is 1. The van der Waals surface area contributed by atoms with Gasteiger partial charge >= 0.3 is 6.09 Å². The second-order valence-corrected chi connectivity index (χ2v) is 9.40. The summed E-state index contributed by atoms with van der Waals surface area (Å²) in [5.74, 6) is -2.17. The third-order valence-corrected chi connectivity index (χ3v) is 6.39. The van der Waals surface area contributed by atoms with Gasteiger partial charge in [0, 0.05) is 11.6 Å². The average Bonchev–Trinajstić information content (AvgIpc) is 3.26. The third-order valence-electron chi connectivity index (χ3n) is 5.01. The number of amides is 1. The van der Waals surface area contributed by atoms with Gasteiger partial charge in [0.2, 0.25) is 0 Å². The topological polar surface area (TPSA) is 113 Å². The maximum atomic E-state index is 15.0. The van der Waals surface area contributed by atoms with Gasteiger partial charge in [0.15, 0.2) is 11.6 Å². The predicted octanol–water partition coefficient (Wildman–Crippen LogP) is 5.38. The van der Waals surface area contributed by atoms with Gasteiger partial charge in [-0.2, -0.15) is 0 Å². The molecule has 0 radical (unpaired) electrons. The molecule has 8 nitrogen and oxygen atoms in total. The number of fused-ring (bicyclic) bond motifs is 1. The predicted molar refractivity (Wildman–Crippen MR) is 123 cm³/mol. The second kappa shape index (κ2) is 9.10. The number of aromatic nitrogens is 2. The lowest BCUT2D eigenvalue weighted by Gasteiger charge is -2.14. The lowest BCUT2D eigenvalue weighted by molar-refractivity contribution is 0.215. The molecule has 0 aliphatic carbocycles. The molecule has 2 heterocycles. The second-order valence-electron chi connectivity index (χ2n) is 7.71. The van der Waals surface area contributed by atoms with Crippen molar-refractivity contribution in [3.05, 3.63) is 78.1 Å². The molecule has 4 rings (SSSR count). The number of nitrogens with one attached hydrogen (secondary N) is 3. The number of pyridine rings is 1. The molecule has 0 spiro atoms. The number of nitrogens with zero attached hydrogens (tertiary/aromatic N) is 1. The molecule has 0 saturated carbocycles. The number of ether oxygens (including phenoxy) is 1. The third kappa shape index (κ3) is 4.84. The molecule has 3 N–H and O–H groups in total. The molecule has 0 fully saturated rings. The number of hydrogen-bond donors (Lipinski definition) is 3. The average molecular weight is 487 g/mol. The van der Waals surface area contributed by atoms with Crippen LogP contribution in [0.3, 0.4) is 0 Å². The van der Waals surface area contributed by atoms with E-state index in [1.54, 1.807) is 24.4 Å². The molecule has 1 amide bonds. The number of rotatable bonds is 6. The van der Waals surface area contributed by atoms with Crippen LogP contribution in [-0.2, 0) is 10.0 Å². The fraction of sp³-hybridized carbons (Fsp3) is 0.130. The van der Waals surface area contributed by atoms with Crippen molar-refractivity contribution >= 4 is 38.5 Å².